The van der Waals surface area contributed by atoms with Crippen LogP contribution in [-0.2, 0) is 16.0 Å². The minimum atomic E-state index is 0.0949. The van der Waals surface area contributed by atoms with Crippen molar-refractivity contribution in [3.05, 3.63) is 53.1 Å². The molecule has 0 aromatic heterocycles. The third kappa shape index (κ3) is 3.08. The lowest BCUT2D eigenvalue weighted by Crippen LogP contribution is -2.39. The Bertz CT molecular complexity index is 595. The van der Waals surface area contributed by atoms with Gasteiger partial charge in [-0.3, -0.25) is 4.79 Å². The van der Waals surface area contributed by atoms with Crippen LogP contribution in [0.1, 0.15) is 24.5 Å². The number of hydrogen-bond acceptors (Lipinski definition) is 2. The van der Waals surface area contributed by atoms with Gasteiger partial charge in [-0.15, -0.1) is 0 Å². The van der Waals surface area contributed by atoms with Gasteiger partial charge in [0.25, 0.3) is 0 Å². The Hall–Kier alpha value is -1.87. The summed E-state index contributed by atoms with van der Waals surface area (Å²) in [6, 6.07) is 8.53. The normalized spacial score (nSPS) is 19.0. The van der Waals surface area contributed by atoms with Crippen LogP contribution in [0.3, 0.4) is 0 Å². The molecule has 3 rings (SSSR count). The molecule has 1 aromatic carbocycles. The Balaban J connectivity index is 1.75. The summed E-state index contributed by atoms with van der Waals surface area (Å²) < 4.78 is 5.27. The van der Waals surface area contributed by atoms with Crippen LogP contribution in [-0.4, -0.2) is 37.1 Å². The van der Waals surface area contributed by atoms with Crippen LogP contribution in [0.15, 0.2) is 42.0 Å². The van der Waals surface area contributed by atoms with E-state index in [1.54, 1.807) is 6.08 Å². The van der Waals surface area contributed by atoms with Gasteiger partial charge in [0.15, 0.2) is 0 Å². The highest BCUT2D eigenvalue weighted by Crippen LogP contribution is 2.31. The number of amides is 1. The molecular formula is C18H21NO2. The van der Waals surface area contributed by atoms with Crippen molar-refractivity contribution in [3.8, 4) is 0 Å². The summed E-state index contributed by atoms with van der Waals surface area (Å²) in [5, 5.41) is 0. The first-order valence-electron chi connectivity index (χ1n) is 7.58. The predicted molar refractivity (Wildman–Crippen MR) is 83.9 cm³/mol. The zero-order chi connectivity index (χ0) is 14.7. The number of hydrogen-bond donors (Lipinski definition) is 0. The van der Waals surface area contributed by atoms with Gasteiger partial charge in [-0.25, -0.2) is 0 Å². The standard InChI is InChI=1S/C18H21NO2/c1-14-15(6-7-16-4-2-3-5-17(14)16)8-9-18(20)19-10-12-21-13-11-19/h2-5,8-9H,6-7,10-13H2,1H3. The Morgan fingerprint density at radius 2 is 1.95 bits per heavy atom. The van der Waals surface area contributed by atoms with Crippen LogP contribution in [0.5, 0.6) is 0 Å². The number of morpholine rings is 1. The first kappa shape index (κ1) is 14.1. The number of rotatable bonds is 2. The average Bonchev–Trinajstić information content (AvgIpc) is 2.55. The average molecular weight is 283 g/mol. The molecule has 1 saturated heterocycles. The first-order valence-corrected chi connectivity index (χ1v) is 7.58. The van der Waals surface area contributed by atoms with Gasteiger partial charge in [0.05, 0.1) is 13.2 Å². The molecule has 0 unspecified atom stereocenters. The fraction of sp³-hybridized carbons (Fsp3) is 0.389. The Morgan fingerprint density at radius 1 is 1.19 bits per heavy atom. The molecule has 3 heteroatoms. The fourth-order valence-corrected chi connectivity index (χ4v) is 3.00. The molecule has 1 aliphatic heterocycles. The summed E-state index contributed by atoms with van der Waals surface area (Å²) >= 11 is 0. The van der Waals surface area contributed by atoms with Gasteiger partial charge in [-0.2, -0.15) is 0 Å². The molecule has 1 fully saturated rings. The van der Waals surface area contributed by atoms with Crippen molar-refractivity contribution in [1.29, 1.82) is 0 Å². The van der Waals surface area contributed by atoms with Crippen molar-refractivity contribution in [1.82, 2.24) is 4.90 Å². The Morgan fingerprint density at radius 3 is 2.76 bits per heavy atom. The second kappa shape index (κ2) is 6.27. The SMILES string of the molecule is CC1=C(C=CC(=O)N2CCOCC2)CCc2ccccc21. The summed E-state index contributed by atoms with van der Waals surface area (Å²) in [5.41, 5.74) is 5.30. The molecule has 0 atom stereocenters. The molecule has 1 amide bonds. The lowest BCUT2D eigenvalue weighted by molar-refractivity contribution is -0.129. The monoisotopic (exact) mass is 283 g/mol. The minimum absolute atomic E-state index is 0.0949. The van der Waals surface area contributed by atoms with Crippen molar-refractivity contribution in [3.63, 3.8) is 0 Å². The van der Waals surface area contributed by atoms with E-state index in [1.165, 1.54) is 22.3 Å². The number of benzene rings is 1. The van der Waals surface area contributed by atoms with Crippen molar-refractivity contribution < 1.29 is 9.53 Å². The summed E-state index contributed by atoms with van der Waals surface area (Å²) in [4.78, 5) is 14.0. The summed E-state index contributed by atoms with van der Waals surface area (Å²) in [7, 11) is 0. The number of fused-ring (bicyclic) bond motifs is 1. The van der Waals surface area contributed by atoms with Crippen LogP contribution in [0, 0.1) is 0 Å². The van der Waals surface area contributed by atoms with E-state index in [2.05, 4.69) is 31.2 Å². The Kier molecular flexibility index (Phi) is 4.20. The molecule has 0 radical (unpaired) electrons. The molecule has 1 heterocycles. The van der Waals surface area contributed by atoms with Gasteiger partial charge < -0.3 is 9.64 Å². The summed E-state index contributed by atoms with van der Waals surface area (Å²) in [6.07, 6.45) is 5.79. The van der Waals surface area contributed by atoms with Gasteiger partial charge in [0.1, 0.15) is 0 Å². The second-order valence-corrected chi connectivity index (χ2v) is 5.58. The number of ether oxygens (including phenoxy) is 1. The van der Waals surface area contributed by atoms with Gasteiger partial charge in [0.2, 0.25) is 5.91 Å². The number of aryl methyl sites for hydroxylation is 1. The van der Waals surface area contributed by atoms with Crippen molar-refractivity contribution in [2.45, 2.75) is 19.8 Å². The molecule has 0 bridgehead atoms. The van der Waals surface area contributed by atoms with Gasteiger partial charge in [-0.05, 0) is 42.0 Å². The van der Waals surface area contributed by atoms with Crippen LogP contribution >= 0.6 is 0 Å². The first-order chi connectivity index (χ1) is 10.3. The van der Waals surface area contributed by atoms with Crippen molar-refractivity contribution in [2.24, 2.45) is 0 Å². The lowest BCUT2D eigenvalue weighted by atomic mass is 9.86. The molecule has 0 spiro atoms. The highest BCUT2D eigenvalue weighted by Gasteiger charge is 2.16. The smallest absolute Gasteiger partial charge is 0.246 e. The number of carbonyl (C=O) groups is 1. The van der Waals surface area contributed by atoms with Crippen LogP contribution in [0.2, 0.25) is 0 Å². The lowest BCUT2D eigenvalue weighted by Gasteiger charge is -2.25. The van der Waals surface area contributed by atoms with Gasteiger partial charge >= 0.3 is 0 Å². The number of nitrogens with zero attached hydrogens (tertiary/aromatic N) is 1. The molecule has 3 nitrogen and oxygen atoms in total. The van der Waals surface area contributed by atoms with Crippen molar-refractivity contribution in [2.75, 3.05) is 26.3 Å². The Labute approximate surface area is 125 Å². The largest absolute Gasteiger partial charge is 0.378 e. The zero-order valence-corrected chi connectivity index (χ0v) is 12.5. The van der Waals surface area contributed by atoms with E-state index in [-0.39, 0.29) is 5.91 Å². The van der Waals surface area contributed by atoms with E-state index in [1.807, 2.05) is 11.0 Å². The molecule has 0 N–H and O–H groups in total. The van der Waals surface area contributed by atoms with E-state index in [0.29, 0.717) is 26.3 Å². The quantitative estimate of drug-likeness (QED) is 0.781. The molecule has 110 valence electrons. The molecule has 1 aliphatic carbocycles. The fourth-order valence-electron chi connectivity index (χ4n) is 3.00. The van der Waals surface area contributed by atoms with E-state index in [9.17, 15) is 4.79 Å². The topological polar surface area (TPSA) is 29.5 Å². The molecule has 21 heavy (non-hydrogen) atoms. The molecule has 1 aromatic rings. The molecule has 2 aliphatic rings. The number of carbonyl (C=O) groups excluding carboxylic acids is 1. The van der Waals surface area contributed by atoms with E-state index >= 15 is 0 Å². The maximum atomic E-state index is 12.2. The van der Waals surface area contributed by atoms with Gasteiger partial charge in [0, 0.05) is 19.2 Å². The zero-order valence-electron chi connectivity index (χ0n) is 12.5. The maximum absolute atomic E-state index is 12.2. The summed E-state index contributed by atoms with van der Waals surface area (Å²) in [5.74, 6) is 0.0949. The van der Waals surface area contributed by atoms with E-state index < -0.39 is 0 Å². The van der Waals surface area contributed by atoms with Crippen LogP contribution in [0.4, 0.5) is 0 Å². The second-order valence-electron chi connectivity index (χ2n) is 5.58. The van der Waals surface area contributed by atoms with E-state index in [4.69, 9.17) is 4.74 Å². The highest BCUT2D eigenvalue weighted by molar-refractivity contribution is 5.89. The molecular weight excluding hydrogens is 262 g/mol. The molecule has 0 saturated carbocycles. The maximum Gasteiger partial charge on any atom is 0.246 e. The minimum Gasteiger partial charge on any atom is -0.378 e. The third-order valence-corrected chi connectivity index (χ3v) is 4.32. The van der Waals surface area contributed by atoms with Crippen molar-refractivity contribution >= 4 is 11.5 Å². The summed E-state index contributed by atoms with van der Waals surface area (Å²) in [6.45, 7) is 4.84. The third-order valence-electron chi connectivity index (χ3n) is 4.32. The van der Waals surface area contributed by atoms with Crippen LogP contribution < -0.4 is 0 Å². The van der Waals surface area contributed by atoms with E-state index in [0.717, 1.165) is 12.8 Å². The number of allylic oxidation sites excluding steroid dienone is 3. The van der Waals surface area contributed by atoms with Gasteiger partial charge in [-0.1, -0.05) is 30.3 Å². The predicted octanol–water partition coefficient (Wildman–Crippen LogP) is 2.82. The van der Waals surface area contributed by atoms with Crippen LogP contribution in [0.25, 0.3) is 5.57 Å². The highest BCUT2D eigenvalue weighted by atomic mass is 16.5.